The first-order chi connectivity index (χ1) is 26.4. The molecule has 0 aliphatic heterocycles. The first kappa shape index (κ1) is 47.5. The third-order valence-corrected chi connectivity index (χ3v) is 9.67. The number of anilines is 2. The SMILES string of the molecule is COc1nc(C)nc(NC(=O)NS(=O)(=O)c2ccccc2CCC(F)(F)F)n1.CP(=O)(O)CCC(N)C(=O)O.Nc1c([N+](=O)[O-])ccc(Oc2ccccc2)c1Cl. The number of hydrogen-bond donors (Lipinski definition) is 6. The van der Waals surface area contributed by atoms with Crippen molar-refractivity contribution in [2.45, 2.75) is 43.3 Å². The lowest BCUT2D eigenvalue weighted by Crippen LogP contribution is -2.35. The van der Waals surface area contributed by atoms with Crippen molar-refractivity contribution in [2.24, 2.45) is 5.73 Å². The summed E-state index contributed by atoms with van der Waals surface area (Å²) in [5, 5.41) is 21.1. The number of sulfonamides is 1. The molecule has 1 aromatic heterocycles. The highest BCUT2D eigenvalue weighted by Crippen LogP contribution is 2.39. The van der Waals surface area contributed by atoms with Crippen LogP contribution in [0.2, 0.25) is 5.02 Å². The fourth-order valence-electron chi connectivity index (χ4n) is 4.08. The number of amides is 2. The molecule has 8 N–H and O–H groups in total. The van der Waals surface area contributed by atoms with Crippen LogP contribution in [0.4, 0.5) is 35.3 Å². The maximum absolute atomic E-state index is 12.5. The molecule has 1 heterocycles. The Balaban J connectivity index is 0.000000330. The summed E-state index contributed by atoms with van der Waals surface area (Å²) in [5.41, 5.74) is 10.3. The fraction of sp³-hybridized carbons (Fsp3) is 0.281. The molecular weight excluding hydrogens is 828 g/mol. The molecule has 0 saturated heterocycles. The highest BCUT2D eigenvalue weighted by atomic mass is 35.5. The Morgan fingerprint density at radius 2 is 1.68 bits per heavy atom. The number of carboxylic acid groups (broad SMARTS) is 1. The summed E-state index contributed by atoms with van der Waals surface area (Å²) in [5.74, 6) is -0.332. The molecule has 0 radical (unpaired) electrons. The zero-order valence-electron chi connectivity index (χ0n) is 30.1. The largest absolute Gasteiger partial charge is 0.480 e. The van der Waals surface area contributed by atoms with Gasteiger partial charge < -0.3 is 30.9 Å². The summed E-state index contributed by atoms with van der Waals surface area (Å²) in [4.78, 5) is 51.9. The Morgan fingerprint density at radius 1 is 1.07 bits per heavy atom. The van der Waals surface area contributed by atoms with Gasteiger partial charge in [-0.2, -0.15) is 28.1 Å². The lowest BCUT2D eigenvalue weighted by atomic mass is 10.1. The smallest absolute Gasteiger partial charge is 0.389 e. The number of methoxy groups -OCH3 is 1. The number of aryl methyl sites for hydroxylation is 2. The predicted octanol–water partition coefficient (Wildman–Crippen LogP) is 5.51. The highest BCUT2D eigenvalue weighted by molar-refractivity contribution is 7.90. The van der Waals surface area contributed by atoms with E-state index < -0.39 is 64.3 Å². The lowest BCUT2D eigenvalue weighted by molar-refractivity contribution is -0.383. The Hall–Kier alpha value is -5.61. The van der Waals surface area contributed by atoms with Gasteiger partial charge in [-0.25, -0.2) is 17.9 Å². The number of nitro groups is 1. The second-order valence-electron chi connectivity index (χ2n) is 11.5. The number of urea groups is 1. The molecule has 0 spiro atoms. The first-order valence-corrected chi connectivity index (χ1v) is 20.1. The Bertz CT molecular complexity index is 2180. The number of carboxylic acids is 1. The summed E-state index contributed by atoms with van der Waals surface area (Å²) < 4.78 is 84.9. The molecule has 0 saturated carbocycles. The van der Waals surface area contributed by atoms with Crippen LogP contribution in [-0.4, -0.2) is 82.4 Å². The summed E-state index contributed by atoms with van der Waals surface area (Å²) in [6, 6.07) is 14.4. The lowest BCUT2D eigenvalue weighted by Gasteiger charge is -2.13. The van der Waals surface area contributed by atoms with Gasteiger partial charge in [0.2, 0.25) is 5.95 Å². The number of alkyl halides is 3. The van der Waals surface area contributed by atoms with Crippen LogP contribution in [0.25, 0.3) is 0 Å². The molecule has 0 aliphatic rings. The Labute approximate surface area is 328 Å². The summed E-state index contributed by atoms with van der Waals surface area (Å²) in [6.45, 7) is 2.68. The van der Waals surface area contributed by atoms with Crippen molar-refractivity contribution in [3.8, 4) is 17.5 Å². The summed E-state index contributed by atoms with van der Waals surface area (Å²) in [6.07, 6.45) is -6.20. The highest BCUT2D eigenvalue weighted by Gasteiger charge is 2.29. The number of halogens is 4. The van der Waals surface area contributed by atoms with Gasteiger partial charge in [-0.05, 0) is 49.6 Å². The molecular formula is C32H37ClF3N8O11PS. The molecule has 2 atom stereocenters. The van der Waals surface area contributed by atoms with Gasteiger partial charge in [-0.3, -0.25) is 24.8 Å². The quantitative estimate of drug-likeness (QED) is 0.0418. The number of nitrogens with two attached hydrogens (primary N) is 2. The van der Waals surface area contributed by atoms with Crippen LogP contribution in [0.3, 0.4) is 0 Å². The zero-order valence-corrected chi connectivity index (χ0v) is 32.6. The van der Waals surface area contributed by atoms with Crippen LogP contribution in [0.15, 0.2) is 71.6 Å². The molecule has 4 rings (SSSR count). The summed E-state index contributed by atoms with van der Waals surface area (Å²) in [7, 11) is -6.25. The number of aliphatic carboxylic acids is 1. The number of carbonyl (C=O) groups is 2. The Kier molecular flexibility index (Phi) is 17.6. The summed E-state index contributed by atoms with van der Waals surface area (Å²) >= 11 is 5.94. The maximum atomic E-state index is 12.5. The maximum Gasteiger partial charge on any atom is 0.389 e. The van der Waals surface area contributed by atoms with Gasteiger partial charge in [0, 0.05) is 25.3 Å². The van der Waals surface area contributed by atoms with E-state index in [0.717, 1.165) is 6.07 Å². The number of para-hydroxylation sites is 1. The third kappa shape index (κ3) is 17.0. The van der Waals surface area contributed by atoms with Gasteiger partial charge in [0.05, 0.1) is 16.9 Å². The number of nitrogen functional groups attached to an aromatic ring is 1. The van der Waals surface area contributed by atoms with Crippen molar-refractivity contribution in [1.29, 1.82) is 0 Å². The number of rotatable bonds is 13. The molecule has 0 bridgehead atoms. The van der Waals surface area contributed by atoms with Crippen LogP contribution in [0.1, 0.15) is 24.2 Å². The van der Waals surface area contributed by atoms with Crippen molar-refractivity contribution in [3.05, 3.63) is 93.3 Å². The number of hydrogen-bond acceptors (Lipinski definition) is 14. The monoisotopic (exact) mass is 864 g/mol. The molecule has 25 heteroatoms. The molecule has 19 nitrogen and oxygen atoms in total. The van der Waals surface area contributed by atoms with E-state index in [4.69, 9.17) is 42.5 Å². The second-order valence-corrected chi connectivity index (χ2v) is 16.0. The molecule has 3 aromatic carbocycles. The van der Waals surface area contributed by atoms with Crippen LogP contribution < -0.4 is 31.0 Å². The van der Waals surface area contributed by atoms with Crippen molar-refractivity contribution in [2.75, 3.05) is 31.0 Å². The van der Waals surface area contributed by atoms with Crippen LogP contribution in [-0.2, 0) is 25.8 Å². The number of aromatic nitrogens is 3. The number of nitro benzene ring substituents is 1. The second kappa shape index (κ2) is 21.1. The van der Waals surface area contributed by atoms with Gasteiger partial charge in [-0.1, -0.05) is 48.0 Å². The molecule has 0 aliphatic carbocycles. The van der Waals surface area contributed by atoms with Gasteiger partial charge in [0.15, 0.2) is 7.37 Å². The van der Waals surface area contributed by atoms with Crippen LogP contribution in [0.5, 0.6) is 17.5 Å². The van der Waals surface area contributed by atoms with Crippen molar-refractivity contribution in [3.63, 3.8) is 0 Å². The standard InChI is InChI=1S/C15H16F3N5O4S.C12H9ClN2O3.C5H12NO4P/c1-9-19-12(22-14(20-9)27-2)21-13(24)23-28(25,26)11-6-4-3-5-10(11)7-8-15(16,17)18;13-11-10(18-8-4-2-1-3-5-8)7-6-9(12(11)14)15(16)17;1-11(9,10)3-2-4(6)5(7)8/h3-6H,7-8H2,1-2H3,(H2,19,20,21,22,23,24);1-7H,14H2;4H,2-3,6H2,1H3,(H,7,8)(H,9,10). The Morgan fingerprint density at radius 3 is 2.25 bits per heavy atom. The molecule has 57 heavy (non-hydrogen) atoms. The number of carbonyl (C=O) groups excluding carboxylic acids is 1. The van der Waals surface area contributed by atoms with Gasteiger partial charge in [0.1, 0.15) is 34.1 Å². The molecule has 4 aromatic rings. The molecule has 310 valence electrons. The normalized spacial score (nSPS) is 12.6. The average Bonchev–Trinajstić information content (AvgIpc) is 3.11. The van der Waals surface area contributed by atoms with Gasteiger partial charge in [-0.15, -0.1) is 0 Å². The molecule has 0 fully saturated rings. The van der Waals surface area contributed by atoms with Crippen molar-refractivity contribution < 1.29 is 60.1 Å². The van der Waals surface area contributed by atoms with E-state index in [1.807, 2.05) is 6.07 Å². The third-order valence-electron chi connectivity index (χ3n) is 6.76. The van der Waals surface area contributed by atoms with E-state index in [9.17, 15) is 45.9 Å². The number of nitrogens with one attached hydrogen (secondary N) is 2. The fourth-order valence-corrected chi connectivity index (χ4v) is 6.21. The topological polar surface area (TPSA) is 302 Å². The first-order valence-electron chi connectivity index (χ1n) is 15.9. The number of benzene rings is 3. The van der Waals surface area contributed by atoms with Crippen LogP contribution in [0, 0.1) is 17.0 Å². The van der Waals surface area contributed by atoms with Gasteiger partial charge >= 0.3 is 24.2 Å². The van der Waals surface area contributed by atoms with E-state index in [0.29, 0.717) is 5.75 Å². The molecule has 2 amide bonds. The minimum atomic E-state index is -4.45. The van der Waals surface area contributed by atoms with E-state index in [1.54, 1.807) is 29.0 Å². The average molecular weight is 865 g/mol. The zero-order chi connectivity index (χ0) is 43.1. The van der Waals surface area contributed by atoms with E-state index in [-0.39, 0.29) is 58.1 Å². The minimum absolute atomic E-state index is 0.0352. The van der Waals surface area contributed by atoms with E-state index in [2.05, 4.69) is 20.3 Å². The van der Waals surface area contributed by atoms with Gasteiger partial charge in [0.25, 0.3) is 15.7 Å². The van der Waals surface area contributed by atoms with Crippen molar-refractivity contribution >= 4 is 58.3 Å². The minimum Gasteiger partial charge on any atom is -0.480 e. The van der Waals surface area contributed by atoms with E-state index in [1.165, 1.54) is 51.0 Å². The predicted molar refractivity (Wildman–Crippen MR) is 201 cm³/mol. The number of ether oxygens (including phenoxy) is 2. The number of nitrogens with zero attached hydrogens (tertiary/aromatic N) is 4. The van der Waals surface area contributed by atoms with E-state index >= 15 is 0 Å². The van der Waals surface area contributed by atoms with Crippen molar-refractivity contribution in [1.82, 2.24) is 19.7 Å². The molecule has 2 unspecified atom stereocenters. The van der Waals surface area contributed by atoms with Crippen LogP contribution >= 0.6 is 19.0 Å².